The molecule has 7 nitrogen and oxygen atoms in total. The third kappa shape index (κ3) is 6.80. The summed E-state index contributed by atoms with van der Waals surface area (Å²) in [5.41, 5.74) is 1.48. The topological polar surface area (TPSA) is 87.7 Å². The van der Waals surface area contributed by atoms with Crippen molar-refractivity contribution in [3.8, 4) is 5.75 Å². The number of thiocarbonyl (C=S) groups is 1. The summed E-state index contributed by atoms with van der Waals surface area (Å²) in [6.45, 7) is 4.04. The molecule has 0 saturated heterocycles. The van der Waals surface area contributed by atoms with Crippen LogP contribution >= 0.6 is 12.2 Å². The molecule has 0 fully saturated rings. The van der Waals surface area contributed by atoms with Gasteiger partial charge < -0.3 is 10.1 Å². The van der Waals surface area contributed by atoms with Gasteiger partial charge in [0.05, 0.1) is 22.3 Å². The first-order valence-corrected chi connectivity index (χ1v) is 13.1. The second kappa shape index (κ2) is 11.8. The predicted molar refractivity (Wildman–Crippen MR) is 144 cm³/mol. The molecule has 1 amide bonds. The molecule has 35 heavy (non-hydrogen) atoms. The summed E-state index contributed by atoms with van der Waals surface area (Å²) in [5, 5.41) is 5.65. The Morgan fingerprint density at radius 2 is 1.63 bits per heavy atom. The number of nitrogens with one attached hydrogen (secondary N) is 2. The van der Waals surface area contributed by atoms with E-state index >= 15 is 0 Å². The average Bonchev–Trinajstić information content (AvgIpc) is 2.84. The van der Waals surface area contributed by atoms with Crippen LogP contribution in [0.15, 0.2) is 83.8 Å². The summed E-state index contributed by atoms with van der Waals surface area (Å²) < 4.78 is 33.0. The molecule has 1 unspecified atom stereocenters. The Kier molecular flexibility index (Phi) is 8.84. The number of benzene rings is 3. The lowest BCUT2D eigenvalue weighted by Crippen LogP contribution is -2.34. The maximum atomic E-state index is 12.9. The molecule has 0 heterocycles. The Bertz CT molecular complexity index is 1260. The van der Waals surface area contributed by atoms with Crippen molar-refractivity contribution in [3.05, 3.63) is 84.4 Å². The van der Waals surface area contributed by atoms with Gasteiger partial charge in [-0.2, -0.15) is 0 Å². The Morgan fingerprint density at radius 1 is 1.00 bits per heavy atom. The van der Waals surface area contributed by atoms with Crippen LogP contribution in [0.25, 0.3) is 0 Å². The standard InChI is InChI=1S/C26H29N3O4S2/c1-4-10-19(2)33-24-14-9-8-13-23(24)25(30)28-26(34)27-20-15-17-22(18-16-20)35(31,32)29(3)21-11-6-5-7-12-21/h5-9,11-19H,4,10H2,1-3H3,(H2,27,28,30,34). The van der Waals surface area contributed by atoms with Gasteiger partial charge >= 0.3 is 0 Å². The molecule has 184 valence electrons. The van der Waals surface area contributed by atoms with E-state index in [1.54, 1.807) is 54.6 Å². The van der Waals surface area contributed by atoms with E-state index in [1.807, 2.05) is 19.1 Å². The van der Waals surface area contributed by atoms with Crippen LogP contribution in [0.5, 0.6) is 5.75 Å². The van der Waals surface area contributed by atoms with E-state index in [9.17, 15) is 13.2 Å². The van der Waals surface area contributed by atoms with Crippen LogP contribution in [0.2, 0.25) is 0 Å². The molecular formula is C26H29N3O4S2. The summed E-state index contributed by atoms with van der Waals surface area (Å²) >= 11 is 5.29. The summed E-state index contributed by atoms with van der Waals surface area (Å²) in [5.74, 6) is 0.0938. The molecule has 0 spiro atoms. The lowest BCUT2D eigenvalue weighted by molar-refractivity contribution is 0.0970. The molecule has 3 rings (SSSR count). The van der Waals surface area contributed by atoms with Crippen LogP contribution in [0.4, 0.5) is 11.4 Å². The van der Waals surface area contributed by atoms with Gasteiger partial charge in [-0.25, -0.2) is 8.42 Å². The molecule has 0 saturated carbocycles. The van der Waals surface area contributed by atoms with E-state index in [0.717, 1.165) is 12.8 Å². The quantitative estimate of drug-likeness (QED) is 0.384. The van der Waals surface area contributed by atoms with Crippen LogP contribution in [-0.4, -0.2) is 32.6 Å². The normalized spacial score (nSPS) is 11.9. The molecule has 0 aliphatic heterocycles. The lowest BCUT2D eigenvalue weighted by atomic mass is 10.1. The zero-order valence-electron chi connectivity index (χ0n) is 19.9. The van der Waals surface area contributed by atoms with Gasteiger partial charge in [-0.05, 0) is 74.1 Å². The average molecular weight is 512 g/mol. The minimum Gasteiger partial charge on any atom is -0.490 e. The first-order chi connectivity index (χ1) is 16.7. The Morgan fingerprint density at radius 3 is 2.29 bits per heavy atom. The summed E-state index contributed by atoms with van der Waals surface area (Å²) in [6, 6.07) is 22.0. The zero-order chi connectivity index (χ0) is 25.4. The third-order valence-electron chi connectivity index (χ3n) is 5.27. The van der Waals surface area contributed by atoms with Crippen LogP contribution in [0, 0.1) is 0 Å². The van der Waals surface area contributed by atoms with Crippen molar-refractivity contribution in [2.45, 2.75) is 37.7 Å². The lowest BCUT2D eigenvalue weighted by Gasteiger charge is -2.19. The number of anilines is 2. The van der Waals surface area contributed by atoms with Crippen LogP contribution in [0.1, 0.15) is 37.0 Å². The van der Waals surface area contributed by atoms with Gasteiger partial charge in [-0.1, -0.05) is 43.7 Å². The summed E-state index contributed by atoms with van der Waals surface area (Å²) in [6.07, 6.45) is 1.84. The van der Waals surface area contributed by atoms with Crippen molar-refractivity contribution in [2.75, 3.05) is 16.7 Å². The fourth-order valence-corrected chi connectivity index (χ4v) is 4.82. The van der Waals surface area contributed by atoms with Gasteiger partial charge in [0.1, 0.15) is 5.75 Å². The zero-order valence-corrected chi connectivity index (χ0v) is 21.5. The van der Waals surface area contributed by atoms with Gasteiger partial charge in [-0.3, -0.25) is 14.4 Å². The van der Waals surface area contributed by atoms with E-state index in [4.69, 9.17) is 17.0 Å². The van der Waals surface area contributed by atoms with Crippen molar-refractivity contribution in [1.29, 1.82) is 0 Å². The molecule has 3 aromatic carbocycles. The van der Waals surface area contributed by atoms with Crippen LogP contribution < -0.4 is 19.7 Å². The minimum atomic E-state index is -3.72. The second-order valence-electron chi connectivity index (χ2n) is 7.95. The monoisotopic (exact) mass is 511 g/mol. The molecule has 0 radical (unpaired) electrons. The van der Waals surface area contributed by atoms with Gasteiger partial charge in [0, 0.05) is 12.7 Å². The third-order valence-corrected chi connectivity index (χ3v) is 7.28. The molecule has 1 atom stereocenters. The maximum Gasteiger partial charge on any atom is 0.264 e. The Hall–Kier alpha value is -3.43. The Balaban J connectivity index is 1.65. The van der Waals surface area contributed by atoms with Gasteiger partial charge in [0.2, 0.25) is 0 Å². The fraction of sp³-hybridized carbons (Fsp3) is 0.231. The first-order valence-electron chi connectivity index (χ1n) is 11.2. The largest absolute Gasteiger partial charge is 0.490 e. The predicted octanol–water partition coefficient (Wildman–Crippen LogP) is 5.21. The van der Waals surface area contributed by atoms with E-state index in [1.165, 1.54) is 23.5 Å². The highest BCUT2D eigenvalue weighted by Crippen LogP contribution is 2.23. The molecule has 9 heteroatoms. The van der Waals surface area contributed by atoms with E-state index < -0.39 is 15.9 Å². The number of ether oxygens (including phenoxy) is 1. The number of carbonyl (C=O) groups is 1. The van der Waals surface area contributed by atoms with Gasteiger partial charge in [-0.15, -0.1) is 0 Å². The molecular weight excluding hydrogens is 482 g/mol. The van der Waals surface area contributed by atoms with E-state index in [2.05, 4.69) is 17.6 Å². The molecule has 0 aliphatic rings. The van der Waals surface area contributed by atoms with Crippen molar-refractivity contribution >= 4 is 44.6 Å². The highest BCUT2D eigenvalue weighted by Gasteiger charge is 2.21. The second-order valence-corrected chi connectivity index (χ2v) is 10.3. The van der Waals surface area contributed by atoms with Crippen molar-refractivity contribution in [1.82, 2.24) is 5.32 Å². The van der Waals surface area contributed by atoms with Crippen LogP contribution in [-0.2, 0) is 10.0 Å². The smallest absolute Gasteiger partial charge is 0.264 e. The Labute approximate surface area is 212 Å². The van der Waals surface area contributed by atoms with Crippen molar-refractivity contribution < 1.29 is 17.9 Å². The SMILES string of the molecule is CCCC(C)Oc1ccccc1C(=O)NC(=S)Nc1ccc(S(=O)(=O)N(C)c2ccccc2)cc1. The highest BCUT2D eigenvalue weighted by molar-refractivity contribution is 7.92. The number of nitrogens with zero attached hydrogens (tertiary/aromatic N) is 1. The molecule has 2 N–H and O–H groups in total. The molecule has 0 bridgehead atoms. The first kappa shape index (κ1) is 26.2. The minimum absolute atomic E-state index is 0.0187. The van der Waals surface area contributed by atoms with E-state index in [0.29, 0.717) is 22.7 Å². The van der Waals surface area contributed by atoms with Crippen molar-refractivity contribution in [3.63, 3.8) is 0 Å². The number of rotatable bonds is 9. The molecule has 3 aromatic rings. The number of amides is 1. The van der Waals surface area contributed by atoms with Crippen LogP contribution in [0.3, 0.4) is 0 Å². The number of carbonyl (C=O) groups excluding carboxylic acids is 1. The highest BCUT2D eigenvalue weighted by atomic mass is 32.2. The van der Waals surface area contributed by atoms with Crippen molar-refractivity contribution in [2.24, 2.45) is 0 Å². The number of hydrogen-bond acceptors (Lipinski definition) is 5. The number of hydrogen-bond donors (Lipinski definition) is 2. The van der Waals surface area contributed by atoms with Gasteiger partial charge in [0.25, 0.3) is 15.9 Å². The summed E-state index contributed by atoms with van der Waals surface area (Å²) in [7, 11) is -2.22. The van der Waals surface area contributed by atoms with Gasteiger partial charge in [0.15, 0.2) is 5.11 Å². The fourth-order valence-electron chi connectivity index (χ4n) is 3.42. The molecule has 0 aliphatic carbocycles. The molecule has 0 aromatic heterocycles. The maximum absolute atomic E-state index is 12.9. The van der Waals surface area contributed by atoms with E-state index in [-0.39, 0.29) is 16.1 Å². The summed E-state index contributed by atoms with van der Waals surface area (Å²) in [4.78, 5) is 12.9. The number of sulfonamides is 1. The number of para-hydroxylation sites is 2.